The molecule has 0 bridgehead atoms. The molecule has 1 aliphatic rings. The van der Waals surface area contributed by atoms with Gasteiger partial charge in [0.2, 0.25) is 0 Å². The van der Waals surface area contributed by atoms with Crippen molar-refractivity contribution in [2.45, 2.75) is 19.5 Å². The lowest BCUT2D eigenvalue weighted by molar-refractivity contribution is -0.153. The van der Waals surface area contributed by atoms with Gasteiger partial charge < -0.3 is 19.7 Å². The maximum Gasteiger partial charge on any atom is 0.422 e. The van der Waals surface area contributed by atoms with Crippen LogP contribution in [0.1, 0.15) is 22.3 Å². The number of thiophene rings is 1. The summed E-state index contributed by atoms with van der Waals surface area (Å²) in [7, 11) is 1.46. The molecule has 0 spiro atoms. The summed E-state index contributed by atoms with van der Waals surface area (Å²) in [5, 5.41) is 5.89. The first-order valence-corrected chi connectivity index (χ1v) is 12.8. The summed E-state index contributed by atoms with van der Waals surface area (Å²) < 4.78 is 50.4. The third-order valence-electron chi connectivity index (χ3n) is 6.17. The molecule has 10 heteroatoms. The molecule has 1 N–H and O–H groups in total. The highest BCUT2D eigenvalue weighted by molar-refractivity contribution is 7.17. The van der Waals surface area contributed by atoms with Gasteiger partial charge in [0.25, 0.3) is 5.91 Å². The Balaban J connectivity index is 1.30. The Labute approximate surface area is 212 Å². The Morgan fingerprint density at radius 2 is 1.89 bits per heavy atom. The van der Waals surface area contributed by atoms with Crippen molar-refractivity contribution in [2.75, 3.05) is 57.9 Å². The molecule has 36 heavy (non-hydrogen) atoms. The maximum absolute atomic E-state index is 12.8. The zero-order valence-corrected chi connectivity index (χ0v) is 21.2. The number of rotatable bonds is 9. The van der Waals surface area contributed by atoms with Gasteiger partial charge in [-0.25, -0.2) is 0 Å². The molecule has 1 aromatic heterocycles. The predicted molar refractivity (Wildman–Crippen MR) is 137 cm³/mol. The number of ether oxygens (including phenoxy) is 2. The lowest BCUT2D eigenvalue weighted by atomic mass is 10.1. The molecule has 1 saturated heterocycles. The molecule has 1 aliphatic heterocycles. The summed E-state index contributed by atoms with van der Waals surface area (Å²) in [5.41, 5.74) is 2.04. The number of carbonyl (C=O) groups excluding carboxylic acids is 1. The van der Waals surface area contributed by atoms with Gasteiger partial charge in [0.1, 0.15) is 0 Å². The van der Waals surface area contributed by atoms with E-state index in [0.717, 1.165) is 39.1 Å². The van der Waals surface area contributed by atoms with Gasteiger partial charge in [-0.3, -0.25) is 9.69 Å². The molecule has 1 fully saturated rings. The highest BCUT2D eigenvalue weighted by atomic mass is 32.1. The normalized spacial score (nSPS) is 14.8. The topological polar surface area (TPSA) is 54.0 Å². The van der Waals surface area contributed by atoms with Crippen molar-refractivity contribution < 1.29 is 27.4 Å². The first-order chi connectivity index (χ1) is 17.2. The highest BCUT2D eigenvalue weighted by Gasteiger charge is 2.29. The molecule has 0 aliphatic carbocycles. The molecule has 2 heterocycles. The number of benzene rings is 2. The van der Waals surface area contributed by atoms with E-state index in [0.29, 0.717) is 12.2 Å². The number of hydrogen-bond acceptors (Lipinski definition) is 6. The number of hydrogen-bond donors (Lipinski definition) is 1. The molecule has 0 unspecified atom stereocenters. The third kappa shape index (κ3) is 6.41. The van der Waals surface area contributed by atoms with Crippen LogP contribution in [-0.4, -0.2) is 70.0 Å². The van der Waals surface area contributed by atoms with Gasteiger partial charge >= 0.3 is 6.18 Å². The molecule has 6 nitrogen and oxygen atoms in total. The fraction of sp³-hybridized carbons (Fsp3) is 0.423. The largest absolute Gasteiger partial charge is 0.489 e. The summed E-state index contributed by atoms with van der Waals surface area (Å²) in [6.45, 7) is 5.12. The Bertz CT molecular complexity index is 1190. The van der Waals surface area contributed by atoms with Crippen molar-refractivity contribution in [3.05, 3.63) is 52.9 Å². The molecule has 0 radical (unpaired) electrons. The molecular weight excluding hydrogens is 491 g/mol. The summed E-state index contributed by atoms with van der Waals surface area (Å²) >= 11 is 1.75. The summed E-state index contributed by atoms with van der Waals surface area (Å²) in [4.78, 5) is 16.8. The Morgan fingerprint density at radius 1 is 1.11 bits per heavy atom. The van der Waals surface area contributed by atoms with Gasteiger partial charge in [0.05, 0.1) is 6.61 Å². The van der Waals surface area contributed by atoms with Crippen LogP contribution in [0.25, 0.3) is 10.1 Å². The van der Waals surface area contributed by atoms with E-state index < -0.39 is 18.7 Å². The van der Waals surface area contributed by atoms with Crippen LogP contribution in [0.15, 0.2) is 41.8 Å². The van der Waals surface area contributed by atoms with E-state index in [1.807, 2.05) is 0 Å². The van der Waals surface area contributed by atoms with E-state index >= 15 is 0 Å². The van der Waals surface area contributed by atoms with Crippen LogP contribution in [0.3, 0.4) is 0 Å². The lowest BCUT2D eigenvalue weighted by Gasteiger charge is -2.36. The number of alkyl halides is 3. The SMILES string of the molecule is CNC(=O)c1cc(C)c(OCCCN2CCN(c3cccc4sccc34)CC2)c(OCC(F)(F)F)c1. The smallest absolute Gasteiger partial charge is 0.422 e. The first-order valence-electron chi connectivity index (χ1n) is 11.9. The average Bonchev–Trinajstić information content (AvgIpc) is 3.34. The van der Waals surface area contributed by atoms with E-state index in [2.05, 4.69) is 44.8 Å². The number of halogens is 3. The molecule has 0 saturated carbocycles. The number of carbonyl (C=O) groups is 1. The number of aryl methyl sites for hydroxylation is 1. The number of anilines is 1. The molecular formula is C26H30F3N3O3S. The van der Waals surface area contributed by atoms with Gasteiger partial charge in [0.15, 0.2) is 18.1 Å². The van der Waals surface area contributed by atoms with Gasteiger partial charge in [-0.15, -0.1) is 11.3 Å². The van der Waals surface area contributed by atoms with Gasteiger partial charge in [-0.1, -0.05) is 6.07 Å². The first kappa shape index (κ1) is 26.1. The van der Waals surface area contributed by atoms with Crippen molar-refractivity contribution in [1.82, 2.24) is 10.2 Å². The predicted octanol–water partition coefficient (Wildman–Crippen LogP) is 5.10. The summed E-state index contributed by atoms with van der Waals surface area (Å²) in [6.07, 6.45) is -3.78. The maximum atomic E-state index is 12.8. The molecule has 194 valence electrons. The lowest BCUT2D eigenvalue weighted by Crippen LogP contribution is -2.46. The van der Waals surface area contributed by atoms with Crippen molar-refractivity contribution >= 4 is 33.0 Å². The van der Waals surface area contributed by atoms with E-state index in [4.69, 9.17) is 9.47 Å². The van der Waals surface area contributed by atoms with Crippen LogP contribution < -0.4 is 19.7 Å². The number of amides is 1. The number of nitrogens with zero attached hydrogens (tertiary/aromatic N) is 2. The van der Waals surface area contributed by atoms with Crippen molar-refractivity contribution in [2.24, 2.45) is 0 Å². The molecule has 2 aromatic carbocycles. The van der Waals surface area contributed by atoms with Crippen LogP contribution in [0, 0.1) is 6.92 Å². The second-order valence-electron chi connectivity index (χ2n) is 8.74. The standard InChI is InChI=1S/C26H30F3N3O3S/c1-18-15-19(25(33)30-2)16-22(35-17-26(27,28)29)24(18)34-13-4-8-31-9-11-32(12-10-31)21-5-3-6-23-20(21)7-14-36-23/h3,5-7,14-16H,4,8-13,17H2,1-2H3,(H,30,33). The van der Waals surface area contributed by atoms with Crippen LogP contribution in [0.2, 0.25) is 0 Å². The monoisotopic (exact) mass is 521 g/mol. The van der Waals surface area contributed by atoms with Crippen LogP contribution in [0.5, 0.6) is 11.5 Å². The fourth-order valence-electron chi connectivity index (χ4n) is 4.40. The highest BCUT2D eigenvalue weighted by Crippen LogP contribution is 2.34. The van der Waals surface area contributed by atoms with Crippen LogP contribution in [0.4, 0.5) is 18.9 Å². The zero-order chi connectivity index (χ0) is 25.7. The molecule has 4 rings (SSSR count). The fourth-order valence-corrected chi connectivity index (χ4v) is 5.20. The zero-order valence-electron chi connectivity index (χ0n) is 20.4. The van der Waals surface area contributed by atoms with Gasteiger partial charge in [-0.2, -0.15) is 13.2 Å². The van der Waals surface area contributed by atoms with Gasteiger partial charge in [-0.05, 0) is 54.6 Å². The van der Waals surface area contributed by atoms with E-state index in [9.17, 15) is 18.0 Å². The average molecular weight is 522 g/mol. The summed E-state index contributed by atoms with van der Waals surface area (Å²) in [5.74, 6) is -0.251. The minimum absolute atomic E-state index is 0.0813. The Hall–Kier alpha value is -2.98. The molecule has 3 aromatic rings. The van der Waals surface area contributed by atoms with Crippen molar-refractivity contribution in [1.29, 1.82) is 0 Å². The Morgan fingerprint density at radius 3 is 2.61 bits per heavy atom. The second kappa shape index (κ2) is 11.4. The number of nitrogens with one attached hydrogen (secondary N) is 1. The third-order valence-corrected chi connectivity index (χ3v) is 7.05. The number of piperazine rings is 1. The number of fused-ring (bicyclic) bond motifs is 1. The minimum atomic E-state index is -4.49. The summed E-state index contributed by atoms with van der Waals surface area (Å²) in [6, 6.07) is 11.5. The van der Waals surface area contributed by atoms with Crippen molar-refractivity contribution in [3.63, 3.8) is 0 Å². The van der Waals surface area contributed by atoms with E-state index in [1.165, 1.54) is 28.9 Å². The molecule has 1 amide bonds. The van der Waals surface area contributed by atoms with Gasteiger partial charge in [0, 0.05) is 61.1 Å². The Kier molecular flexibility index (Phi) is 8.25. The van der Waals surface area contributed by atoms with E-state index in [1.54, 1.807) is 24.3 Å². The van der Waals surface area contributed by atoms with Crippen molar-refractivity contribution in [3.8, 4) is 11.5 Å². The van der Waals surface area contributed by atoms with Crippen LogP contribution >= 0.6 is 11.3 Å². The quantitative estimate of drug-likeness (QED) is 0.397. The molecule has 0 atom stereocenters. The van der Waals surface area contributed by atoms with E-state index in [-0.39, 0.29) is 17.1 Å². The van der Waals surface area contributed by atoms with Crippen LogP contribution in [-0.2, 0) is 0 Å². The second-order valence-corrected chi connectivity index (χ2v) is 9.69. The minimum Gasteiger partial charge on any atom is -0.489 e.